The van der Waals surface area contributed by atoms with E-state index in [1.54, 1.807) is 57.2 Å². The van der Waals surface area contributed by atoms with Gasteiger partial charge in [0.15, 0.2) is 12.9 Å². The molecule has 0 N–H and O–H groups in total. The number of amides is 2. The van der Waals surface area contributed by atoms with Crippen molar-refractivity contribution < 1.29 is 72.9 Å². The average Bonchev–Trinajstić information content (AvgIpc) is 4.10. The fraction of sp³-hybridized carbons (Fsp3) is 0.273. The Balaban J connectivity index is 0.000000197. The molecule has 2 aliphatic rings. The second kappa shape index (κ2) is 31.2. The number of hydrogen-bond acceptors (Lipinski definition) is 10. The number of aryl methyl sites for hydroxylation is 1. The van der Waals surface area contributed by atoms with Crippen molar-refractivity contribution in [3.8, 4) is 11.6 Å². The predicted molar refractivity (Wildman–Crippen MR) is 318 cm³/mol. The molecule has 0 fully saturated rings. The van der Waals surface area contributed by atoms with Crippen LogP contribution in [0.3, 0.4) is 0 Å². The molecule has 0 saturated heterocycles. The molecule has 7 aromatic rings. The standard InChI is InChI=1S/C18H15OP.3C16H20N2O2.Tb/c19-20(16-10-4-1-5-11-16,17-12-6-2-7-13-17)18-14-8-3-9-15-18;3*1-4-12(5-2)15(19)14-11(3)17-18(16(14)20)13-9-7-6-8-10-13;/h1-15H;6-10,12,20H,4-5H2,1-3H3;2*6-10,12,19H,4-5H2,1-3H3;/q;;;;+3/p-3/b;;2*15-14-;. The second-order valence-electron chi connectivity index (χ2n) is 19.3. The number of carbonyl (C=O) groups excluding carboxylic acids is 3. The van der Waals surface area contributed by atoms with E-state index in [2.05, 4.69) is 15.3 Å². The van der Waals surface area contributed by atoms with Crippen molar-refractivity contribution in [2.24, 2.45) is 28.0 Å². The van der Waals surface area contributed by atoms with Crippen molar-refractivity contribution in [2.75, 3.05) is 10.0 Å². The normalized spacial score (nSPS) is 14.2. The first-order chi connectivity index (χ1) is 38.6. The number of carbonyl (C=O) groups is 3. The van der Waals surface area contributed by atoms with Gasteiger partial charge < -0.3 is 19.9 Å². The van der Waals surface area contributed by atoms with Gasteiger partial charge in [-0.15, -0.1) is 11.5 Å². The molecule has 2 amide bonds. The molecule has 81 heavy (non-hydrogen) atoms. The third-order valence-electron chi connectivity index (χ3n) is 14.2. The van der Waals surface area contributed by atoms with E-state index in [-0.39, 0.29) is 108 Å². The molecule has 3 heterocycles. The molecular formula is C66H72N6O7PTb. The van der Waals surface area contributed by atoms with Gasteiger partial charge in [-0.2, -0.15) is 25.3 Å². The van der Waals surface area contributed by atoms with Crippen LogP contribution in [0, 0.1) is 63.3 Å². The van der Waals surface area contributed by atoms with Crippen molar-refractivity contribution in [1.29, 1.82) is 0 Å². The molecule has 422 valence electrons. The zero-order valence-corrected chi connectivity index (χ0v) is 50.6. The largest absolute Gasteiger partial charge is 3.00 e. The summed E-state index contributed by atoms with van der Waals surface area (Å²) in [4.78, 5) is 37.3. The van der Waals surface area contributed by atoms with Crippen LogP contribution in [0.2, 0.25) is 0 Å². The zero-order valence-electron chi connectivity index (χ0n) is 47.6. The first-order valence-corrected chi connectivity index (χ1v) is 29.2. The van der Waals surface area contributed by atoms with Crippen LogP contribution in [0.1, 0.15) is 110 Å². The summed E-state index contributed by atoms with van der Waals surface area (Å²) in [5, 5.41) is 55.3. The van der Waals surface area contributed by atoms with E-state index in [0.717, 1.165) is 54.4 Å². The van der Waals surface area contributed by atoms with Crippen LogP contribution in [-0.2, 0) is 14.2 Å². The minimum absolute atomic E-state index is 0. The maximum absolute atomic E-state index is 13.8. The number of aromatic nitrogens is 2. The van der Waals surface area contributed by atoms with Gasteiger partial charge in [-0.1, -0.05) is 213 Å². The van der Waals surface area contributed by atoms with E-state index in [1.165, 1.54) is 14.7 Å². The van der Waals surface area contributed by atoms with Crippen molar-refractivity contribution in [2.45, 2.75) is 101 Å². The molecule has 0 atom stereocenters. The molecule has 0 bridgehead atoms. The maximum atomic E-state index is 13.8. The number of para-hydroxylation sites is 3. The summed E-state index contributed by atoms with van der Waals surface area (Å²) >= 11 is 0. The number of allylic oxidation sites excluding steroid dienone is 2. The Hall–Kier alpha value is -7.12. The molecule has 2 aliphatic heterocycles. The van der Waals surface area contributed by atoms with Gasteiger partial charge in [0, 0.05) is 27.7 Å². The number of hydrogen-bond donors (Lipinski definition) is 0. The topological polar surface area (TPSA) is 186 Å². The van der Waals surface area contributed by atoms with Gasteiger partial charge in [-0.05, 0) is 81.8 Å². The molecule has 0 saturated carbocycles. The molecule has 13 nitrogen and oxygen atoms in total. The van der Waals surface area contributed by atoms with Gasteiger partial charge in [-0.25, -0.2) is 4.68 Å². The number of rotatable bonds is 16. The number of ketones is 1. The summed E-state index contributed by atoms with van der Waals surface area (Å²) < 4.78 is 15.1. The van der Waals surface area contributed by atoms with Gasteiger partial charge in [0.1, 0.15) is 0 Å². The minimum atomic E-state index is -2.78. The Kier molecular flexibility index (Phi) is 24.9. The number of hydrazone groups is 2. The van der Waals surface area contributed by atoms with Crippen LogP contribution in [-0.4, -0.2) is 38.8 Å². The average molecular weight is 1250 g/mol. The molecule has 15 heteroatoms. The quantitative estimate of drug-likeness (QED) is 0.0396. The van der Waals surface area contributed by atoms with Gasteiger partial charge >= 0.3 is 38.6 Å². The third-order valence-corrected chi connectivity index (χ3v) is 17.3. The number of benzene rings is 6. The van der Waals surface area contributed by atoms with Crippen LogP contribution < -0.4 is 41.3 Å². The summed E-state index contributed by atoms with van der Waals surface area (Å²) in [6.07, 6.45) is 4.44. The van der Waals surface area contributed by atoms with Crippen LogP contribution in [0.4, 0.5) is 11.4 Å². The Morgan fingerprint density at radius 3 is 1.05 bits per heavy atom. The van der Waals surface area contributed by atoms with Crippen LogP contribution in [0.15, 0.2) is 215 Å². The molecular weight excluding hydrogens is 1180 g/mol. The van der Waals surface area contributed by atoms with Crippen LogP contribution in [0.25, 0.3) is 5.69 Å². The third kappa shape index (κ3) is 15.3. The van der Waals surface area contributed by atoms with Crippen molar-refractivity contribution in [3.05, 3.63) is 216 Å². The Bertz CT molecular complexity index is 3130. The van der Waals surface area contributed by atoms with E-state index in [4.69, 9.17) is 0 Å². The fourth-order valence-electron chi connectivity index (χ4n) is 9.55. The first kappa shape index (κ1) is 64.7. The molecule has 0 aliphatic carbocycles. The first-order valence-electron chi connectivity index (χ1n) is 27.5. The van der Waals surface area contributed by atoms with Crippen molar-refractivity contribution in [3.63, 3.8) is 0 Å². The molecule has 9 rings (SSSR count). The van der Waals surface area contributed by atoms with Crippen molar-refractivity contribution >= 4 is 63.5 Å². The second-order valence-corrected chi connectivity index (χ2v) is 22.1. The van der Waals surface area contributed by atoms with Crippen LogP contribution >= 0.6 is 7.14 Å². The number of nitrogens with zero attached hydrogens (tertiary/aromatic N) is 6. The summed E-state index contributed by atoms with van der Waals surface area (Å²) in [7, 11) is -2.78. The van der Waals surface area contributed by atoms with E-state index in [9.17, 15) is 34.3 Å². The number of Topliss-reactive ketones (excluding diaryl/α,β-unsaturated/α-hetero) is 1. The summed E-state index contributed by atoms with van der Waals surface area (Å²) in [6.45, 7) is 17.0. The maximum Gasteiger partial charge on any atom is 3.00 e. The van der Waals surface area contributed by atoms with E-state index in [1.807, 2.05) is 187 Å². The summed E-state index contributed by atoms with van der Waals surface area (Å²) in [5.41, 5.74) is 4.30. The monoisotopic (exact) mass is 1250 g/mol. The smallest absolute Gasteiger partial charge is 0.875 e. The van der Waals surface area contributed by atoms with Crippen LogP contribution in [0.5, 0.6) is 5.88 Å². The molecule has 0 radical (unpaired) electrons. The SMILES string of the molecule is CCC(CC)/C([O-])=C1/C(=O)N(c2ccccc2)N=C1C.CCC(CC)/C([O-])=C1/C(=O)N(c2ccccc2)N=C1C.CCC(CC)C(=O)c1c(C)nn(-c2ccccc2)c1[O-].O=P(c1ccccc1)(c1ccccc1)c1ccccc1.[Tb+3]. The molecule has 1 aromatic heterocycles. The fourth-order valence-corrected chi connectivity index (χ4v) is 12.2. The van der Waals surface area contributed by atoms with Gasteiger partial charge in [0.05, 0.1) is 50.9 Å². The molecule has 0 unspecified atom stereocenters. The Labute approximate surface area is 508 Å². The van der Waals surface area contributed by atoms with E-state index < -0.39 is 7.14 Å². The summed E-state index contributed by atoms with van der Waals surface area (Å²) in [5.74, 6) is -1.50. The van der Waals surface area contributed by atoms with Crippen molar-refractivity contribution in [1.82, 2.24) is 9.78 Å². The minimum Gasteiger partial charge on any atom is -0.875 e. The number of anilines is 2. The predicted octanol–water partition coefficient (Wildman–Crippen LogP) is 11.1. The Morgan fingerprint density at radius 1 is 0.469 bits per heavy atom. The van der Waals surface area contributed by atoms with E-state index in [0.29, 0.717) is 34.2 Å². The van der Waals surface area contributed by atoms with E-state index >= 15 is 0 Å². The Morgan fingerprint density at radius 2 is 0.753 bits per heavy atom. The van der Waals surface area contributed by atoms with Gasteiger partial charge in [0.25, 0.3) is 11.8 Å². The molecule has 6 aromatic carbocycles. The van der Waals surface area contributed by atoms with Gasteiger partial charge in [0.2, 0.25) is 0 Å². The summed E-state index contributed by atoms with van der Waals surface area (Å²) in [6, 6.07) is 56.7. The molecule has 0 spiro atoms. The zero-order chi connectivity index (χ0) is 57.9. The van der Waals surface area contributed by atoms with Gasteiger partial charge in [-0.3, -0.25) is 14.4 Å².